The first-order valence-electron chi connectivity index (χ1n) is 5.47. The van der Waals surface area contributed by atoms with Crippen molar-refractivity contribution in [1.82, 2.24) is 0 Å². The Balaban J connectivity index is 2.54. The molecule has 0 aromatic heterocycles. The molecule has 0 amide bonds. The molecule has 2 rings (SSSR count). The summed E-state index contributed by atoms with van der Waals surface area (Å²) in [7, 11) is 0. The second-order valence-electron chi connectivity index (χ2n) is 4.70. The summed E-state index contributed by atoms with van der Waals surface area (Å²) in [6.07, 6.45) is 7.89. The molecule has 0 saturated carbocycles. The molecule has 2 aliphatic carbocycles. The number of hydrogen-bond acceptors (Lipinski definition) is 0. The Hall–Kier alpha value is -0.157. The standard InChI is InChI=1S/C14H17.Zr/c1-10-9-14(4,12(3)11(10)2)13-7-5-6-8-13;/h5-7H,8H2,1-4H3;. The van der Waals surface area contributed by atoms with Crippen LogP contribution < -0.4 is 0 Å². The van der Waals surface area contributed by atoms with Gasteiger partial charge in [-0.05, 0) is 0 Å². The zero-order valence-corrected chi connectivity index (χ0v) is 12.4. The number of allylic oxidation sites excluding steroid dienone is 8. The average molecular weight is 277 g/mol. The Morgan fingerprint density at radius 1 is 1.20 bits per heavy atom. The Bertz CT molecular complexity index is 406. The zero-order valence-electron chi connectivity index (χ0n) is 9.94. The van der Waals surface area contributed by atoms with Crippen molar-refractivity contribution in [3.05, 3.63) is 43.8 Å². The molecule has 1 atom stereocenters. The van der Waals surface area contributed by atoms with Crippen molar-refractivity contribution in [2.75, 3.05) is 0 Å². The van der Waals surface area contributed by atoms with Gasteiger partial charge in [0.25, 0.3) is 0 Å². The Morgan fingerprint density at radius 3 is 2.27 bits per heavy atom. The topological polar surface area (TPSA) is 0 Å². The van der Waals surface area contributed by atoms with Crippen molar-refractivity contribution < 1.29 is 24.7 Å². The van der Waals surface area contributed by atoms with Crippen LogP contribution >= 0.6 is 0 Å². The molecule has 0 nitrogen and oxygen atoms in total. The molecule has 0 spiro atoms. The molecule has 0 aromatic carbocycles. The molecule has 2 aliphatic rings. The van der Waals surface area contributed by atoms with Gasteiger partial charge in [0.05, 0.1) is 0 Å². The molecule has 0 aromatic rings. The minimum absolute atomic E-state index is 0.232. The van der Waals surface area contributed by atoms with Gasteiger partial charge in [-0.25, -0.2) is 0 Å². The summed E-state index contributed by atoms with van der Waals surface area (Å²) in [5.74, 6) is 0. The second kappa shape index (κ2) is 3.70. The van der Waals surface area contributed by atoms with E-state index in [2.05, 4.69) is 45.9 Å². The Labute approximate surface area is 108 Å². The molecule has 0 radical (unpaired) electrons. The van der Waals surface area contributed by atoms with Crippen molar-refractivity contribution >= 4 is 0 Å². The van der Waals surface area contributed by atoms with Gasteiger partial charge in [0.1, 0.15) is 0 Å². The molecule has 1 unspecified atom stereocenters. The van der Waals surface area contributed by atoms with Gasteiger partial charge in [-0.1, -0.05) is 0 Å². The van der Waals surface area contributed by atoms with Crippen LogP contribution in [0.5, 0.6) is 0 Å². The first kappa shape index (κ1) is 11.3. The summed E-state index contributed by atoms with van der Waals surface area (Å²) in [6, 6.07) is 0. The van der Waals surface area contributed by atoms with E-state index in [-0.39, 0.29) is 5.41 Å². The van der Waals surface area contributed by atoms with E-state index in [0.29, 0.717) is 0 Å². The van der Waals surface area contributed by atoms with Gasteiger partial charge in [0.2, 0.25) is 0 Å². The summed E-state index contributed by atoms with van der Waals surface area (Å²) in [5.41, 5.74) is 6.40. The maximum absolute atomic E-state index is 2.39. The third-order valence-corrected chi connectivity index (χ3v) is 6.31. The van der Waals surface area contributed by atoms with Crippen molar-refractivity contribution in [1.29, 1.82) is 0 Å². The summed E-state index contributed by atoms with van der Waals surface area (Å²) in [6.45, 7) is 9.24. The van der Waals surface area contributed by atoms with Crippen molar-refractivity contribution in [3.63, 3.8) is 0 Å². The molecule has 0 heterocycles. The summed E-state index contributed by atoms with van der Waals surface area (Å²) >= 11 is 1.57. The normalized spacial score (nSPS) is 30.5. The summed E-state index contributed by atoms with van der Waals surface area (Å²) in [4.78, 5) is 0. The molecule has 0 saturated heterocycles. The van der Waals surface area contributed by atoms with E-state index in [0.717, 1.165) is 6.42 Å². The Kier molecular flexibility index (Phi) is 2.80. The van der Waals surface area contributed by atoms with E-state index in [1.807, 2.05) is 0 Å². The summed E-state index contributed by atoms with van der Waals surface area (Å²) < 4.78 is 1.62. The van der Waals surface area contributed by atoms with E-state index < -0.39 is 0 Å². The maximum atomic E-state index is 2.39. The van der Waals surface area contributed by atoms with Crippen LogP contribution in [0.2, 0.25) is 0 Å². The molecule has 77 valence electrons. The fourth-order valence-electron chi connectivity index (χ4n) is 2.63. The molecule has 0 fully saturated rings. The van der Waals surface area contributed by atoms with Gasteiger partial charge in [-0.15, -0.1) is 0 Å². The van der Waals surface area contributed by atoms with E-state index in [9.17, 15) is 0 Å². The minimum atomic E-state index is 0.232. The van der Waals surface area contributed by atoms with Gasteiger partial charge < -0.3 is 0 Å². The molecular formula is C14H17Zr. The molecular weight excluding hydrogens is 259 g/mol. The van der Waals surface area contributed by atoms with E-state index in [4.69, 9.17) is 0 Å². The van der Waals surface area contributed by atoms with Crippen molar-refractivity contribution in [2.45, 2.75) is 34.1 Å². The Morgan fingerprint density at radius 2 is 1.87 bits per heavy atom. The van der Waals surface area contributed by atoms with Crippen LogP contribution in [0, 0.1) is 5.41 Å². The first-order chi connectivity index (χ1) is 6.99. The zero-order chi connectivity index (χ0) is 11.2. The molecule has 1 heteroatoms. The van der Waals surface area contributed by atoms with Crippen LogP contribution in [0.1, 0.15) is 34.1 Å². The van der Waals surface area contributed by atoms with Crippen LogP contribution in [0.4, 0.5) is 0 Å². The SMILES string of the molecule is CC1=C(C)C(C)(C2=CC=CC2)[C]([Zr])=C1C. The van der Waals surface area contributed by atoms with Crippen LogP contribution in [-0.4, -0.2) is 0 Å². The second-order valence-corrected chi connectivity index (χ2v) is 5.93. The van der Waals surface area contributed by atoms with Gasteiger partial charge in [-0.2, -0.15) is 0 Å². The monoisotopic (exact) mass is 275 g/mol. The van der Waals surface area contributed by atoms with E-state index >= 15 is 0 Å². The van der Waals surface area contributed by atoms with Gasteiger partial charge in [-0.3, -0.25) is 0 Å². The molecule has 0 bridgehead atoms. The van der Waals surface area contributed by atoms with Crippen LogP contribution in [0.25, 0.3) is 0 Å². The molecule has 0 aliphatic heterocycles. The number of rotatable bonds is 1. The average Bonchev–Trinajstić information content (AvgIpc) is 2.81. The van der Waals surface area contributed by atoms with Crippen LogP contribution in [0.15, 0.2) is 43.8 Å². The predicted molar refractivity (Wildman–Crippen MR) is 61.0 cm³/mol. The van der Waals surface area contributed by atoms with E-state index in [1.165, 1.54) is 11.1 Å². The van der Waals surface area contributed by atoms with E-state index in [1.54, 1.807) is 39.1 Å². The predicted octanol–water partition coefficient (Wildman–Crippen LogP) is 4.05. The first-order valence-corrected chi connectivity index (χ1v) is 6.70. The fraction of sp³-hybridized carbons (Fsp3) is 0.429. The van der Waals surface area contributed by atoms with Crippen LogP contribution in [-0.2, 0) is 24.7 Å². The third-order valence-electron chi connectivity index (χ3n) is 4.16. The number of hydrogen-bond donors (Lipinski definition) is 0. The quantitative estimate of drug-likeness (QED) is 0.678. The van der Waals surface area contributed by atoms with Gasteiger partial charge in [0, 0.05) is 0 Å². The van der Waals surface area contributed by atoms with Gasteiger partial charge in [0.15, 0.2) is 0 Å². The van der Waals surface area contributed by atoms with Crippen molar-refractivity contribution in [3.8, 4) is 0 Å². The molecule has 0 N–H and O–H groups in total. The molecule has 15 heavy (non-hydrogen) atoms. The van der Waals surface area contributed by atoms with Crippen molar-refractivity contribution in [2.24, 2.45) is 5.41 Å². The summed E-state index contributed by atoms with van der Waals surface area (Å²) in [5, 5.41) is 0. The van der Waals surface area contributed by atoms with Gasteiger partial charge >= 0.3 is 108 Å². The fourth-order valence-corrected chi connectivity index (χ4v) is 3.94. The van der Waals surface area contributed by atoms with Crippen LogP contribution in [0.3, 0.4) is 0 Å². The third kappa shape index (κ3) is 1.43.